The average Bonchev–Trinajstić information content (AvgIpc) is 2.66. The Kier molecular flexibility index (Phi) is 5.65. The van der Waals surface area contributed by atoms with E-state index in [-0.39, 0.29) is 23.5 Å². The first kappa shape index (κ1) is 19.4. The topological polar surface area (TPSA) is 94.2 Å². The highest BCUT2D eigenvalue weighted by Crippen LogP contribution is 2.20. The summed E-state index contributed by atoms with van der Waals surface area (Å²) in [6, 6.07) is 12.8. The molecule has 1 N–H and O–H groups in total. The van der Waals surface area contributed by atoms with Gasteiger partial charge in [-0.2, -0.15) is 0 Å². The Labute approximate surface area is 166 Å². The van der Waals surface area contributed by atoms with Crippen molar-refractivity contribution >= 4 is 33.2 Å². The fraction of sp³-hybridized carbons (Fsp3) is 0.0526. The van der Waals surface area contributed by atoms with Crippen LogP contribution in [0.15, 0.2) is 70.1 Å². The first-order valence-corrected chi connectivity index (χ1v) is 8.83. The summed E-state index contributed by atoms with van der Waals surface area (Å²) in [4.78, 5) is 35.4. The van der Waals surface area contributed by atoms with E-state index in [2.05, 4.69) is 21.2 Å². The van der Waals surface area contributed by atoms with Gasteiger partial charge in [0.25, 0.3) is 17.2 Å². The van der Waals surface area contributed by atoms with Crippen LogP contribution in [0.5, 0.6) is 0 Å². The minimum atomic E-state index is -0.750. The van der Waals surface area contributed by atoms with Gasteiger partial charge in [-0.05, 0) is 35.9 Å². The molecule has 28 heavy (non-hydrogen) atoms. The van der Waals surface area contributed by atoms with Crippen molar-refractivity contribution in [2.75, 3.05) is 5.32 Å². The number of rotatable bonds is 5. The van der Waals surface area contributed by atoms with Crippen molar-refractivity contribution in [3.05, 3.63) is 103 Å². The van der Waals surface area contributed by atoms with Crippen LogP contribution >= 0.6 is 15.9 Å². The van der Waals surface area contributed by atoms with E-state index in [0.717, 1.165) is 0 Å². The van der Waals surface area contributed by atoms with E-state index in [1.165, 1.54) is 53.2 Å². The monoisotopic (exact) mass is 445 g/mol. The van der Waals surface area contributed by atoms with Gasteiger partial charge in [-0.15, -0.1) is 0 Å². The number of nitro groups is 1. The Morgan fingerprint density at radius 2 is 1.96 bits per heavy atom. The summed E-state index contributed by atoms with van der Waals surface area (Å²) in [5, 5.41) is 13.3. The number of benzene rings is 2. The quantitative estimate of drug-likeness (QED) is 0.474. The Morgan fingerprint density at radius 3 is 2.68 bits per heavy atom. The number of aromatic nitrogens is 1. The fourth-order valence-electron chi connectivity index (χ4n) is 2.58. The number of non-ortho nitro benzene ring substituents is 1. The standard InChI is InChI=1S/C19H13BrFN3O4/c20-13-6-7-17(16(21)10-13)22-18(25)15-5-2-8-23(19(15)26)11-12-3-1-4-14(9-12)24(27)28/h1-10H,11H2,(H,22,25). The molecule has 0 fully saturated rings. The highest BCUT2D eigenvalue weighted by molar-refractivity contribution is 9.10. The number of pyridine rings is 1. The van der Waals surface area contributed by atoms with Gasteiger partial charge >= 0.3 is 0 Å². The second kappa shape index (κ2) is 8.13. The van der Waals surface area contributed by atoms with E-state index in [4.69, 9.17) is 0 Å². The Hall–Kier alpha value is -3.33. The molecule has 1 aromatic heterocycles. The van der Waals surface area contributed by atoms with Crippen molar-refractivity contribution in [3.63, 3.8) is 0 Å². The van der Waals surface area contributed by atoms with Crippen LogP contribution in [0.25, 0.3) is 0 Å². The molecule has 0 aliphatic rings. The molecule has 1 amide bonds. The van der Waals surface area contributed by atoms with Gasteiger partial charge in [-0.1, -0.05) is 28.1 Å². The molecule has 1 heterocycles. The molecule has 7 nitrogen and oxygen atoms in total. The van der Waals surface area contributed by atoms with E-state index < -0.39 is 22.2 Å². The molecule has 0 aliphatic carbocycles. The maximum Gasteiger partial charge on any atom is 0.269 e. The van der Waals surface area contributed by atoms with Crippen molar-refractivity contribution in [2.45, 2.75) is 6.54 Å². The van der Waals surface area contributed by atoms with Gasteiger partial charge in [0, 0.05) is 22.8 Å². The third-order valence-electron chi connectivity index (χ3n) is 3.92. The minimum absolute atomic E-state index is 0.0499. The fourth-order valence-corrected chi connectivity index (χ4v) is 2.91. The third kappa shape index (κ3) is 4.32. The maximum absolute atomic E-state index is 13.9. The van der Waals surface area contributed by atoms with Gasteiger partial charge in [0.15, 0.2) is 0 Å². The zero-order valence-electron chi connectivity index (χ0n) is 14.3. The zero-order chi connectivity index (χ0) is 20.3. The lowest BCUT2D eigenvalue weighted by molar-refractivity contribution is -0.384. The van der Waals surface area contributed by atoms with Crippen molar-refractivity contribution in [2.24, 2.45) is 0 Å². The summed E-state index contributed by atoms with van der Waals surface area (Å²) in [5.41, 5.74) is -0.376. The zero-order valence-corrected chi connectivity index (χ0v) is 15.8. The number of hydrogen-bond acceptors (Lipinski definition) is 4. The number of halogens is 2. The second-order valence-corrected chi connectivity index (χ2v) is 6.78. The lowest BCUT2D eigenvalue weighted by Gasteiger charge is -2.10. The van der Waals surface area contributed by atoms with Crippen LogP contribution in [0, 0.1) is 15.9 Å². The summed E-state index contributed by atoms with van der Waals surface area (Å²) >= 11 is 3.13. The van der Waals surface area contributed by atoms with Gasteiger partial charge in [-0.3, -0.25) is 19.7 Å². The molecule has 0 aliphatic heterocycles. The van der Waals surface area contributed by atoms with E-state index in [1.807, 2.05) is 0 Å². The van der Waals surface area contributed by atoms with E-state index in [0.29, 0.717) is 10.0 Å². The Balaban J connectivity index is 1.86. The summed E-state index contributed by atoms with van der Waals surface area (Å²) in [5.74, 6) is -1.39. The average molecular weight is 446 g/mol. The largest absolute Gasteiger partial charge is 0.319 e. The highest BCUT2D eigenvalue weighted by Gasteiger charge is 2.15. The lowest BCUT2D eigenvalue weighted by atomic mass is 10.2. The van der Waals surface area contributed by atoms with Gasteiger partial charge in [0.2, 0.25) is 0 Å². The van der Waals surface area contributed by atoms with Gasteiger partial charge in [0.1, 0.15) is 11.4 Å². The van der Waals surface area contributed by atoms with Gasteiger partial charge in [-0.25, -0.2) is 4.39 Å². The second-order valence-electron chi connectivity index (χ2n) is 5.86. The molecule has 0 radical (unpaired) electrons. The van der Waals surface area contributed by atoms with Crippen LogP contribution in [0.4, 0.5) is 15.8 Å². The molecule has 3 aromatic rings. The highest BCUT2D eigenvalue weighted by atomic mass is 79.9. The van der Waals surface area contributed by atoms with Crippen LogP contribution in [-0.4, -0.2) is 15.4 Å². The number of nitro benzene ring substituents is 1. The van der Waals surface area contributed by atoms with E-state index in [1.54, 1.807) is 12.1 Å². The number of carbonyl (C=O) groups excluding carboxylic acids is 1. The Bertz CT molecular complexity index is 1130. The van der Waals surface area contributed by atoms with Crippen molar-refractivity contribution < 1.29 is 14.1 Å². The van der Waals surface area contributed by atoms with Crippen LogP contribution < -0.4 is 10.9 Å². The van der Waals surface area contributed by atoms with Crippen molar-refractivity contribution in [3.8, 4) is 0 Å². The summed E-state index contributed by atoms with van der Waals surface area (Å²) in [6.45, 7) is 0.0499. The molecule has 0 saturated carbocycles. The lowest BCUT2D eigenvalue weighted by Crippen LogP contribution is -2.29. The number of nitrogens with zero attached hydrogens (tertiary/aromatic N) is 2. The minimum Gasteiger partial charge on any atom is -0.319 e. The molecule has 3 rings (SSSR count). The predicted octanol–water partition coefficient (Wildman–Crippen LogP) is 3.96. The summed E-state index contributed by atoms with van der Waals surface area (Å²) in [6.07, 6.45) is 1.47. The Morgan fingerprint density at radius 1 is 1.18 bits per heavy atom. The van der Waals surface area contributed by atoms with Crippen molar-refractivity contribution in [1.29, 1.82) is 0 Å². The van der Waals surface area contributed by atoms with Crippen LogP contribution in [0.3, 0.4) is 0 Å². The van der Waals surface area contributed by atoms with Crippen LogP contribution in [-0.2, 0) is 6.54 Å². The number of nitrogens with one attached hydrogen (secondary N) is 1. The summed E-state index contributed by atoms with van der Waals surface area (Å²) < 4.78 is 15.7. The van der Waals surface area contributed by atoms with E-state index >= 15 is 0 Å². The molecular weight excluding hydrogens is 433 g/mol. The number of carbonyl (C=O) groups is 1. The van der Waals surface area contributed by atoms with Gasteiger partial charge in [0.05, 0.1) is 17.2 Å². The normalized spacial score (nSPS) is 10.5. The maximum atomic E-state index is 13.9. The van der Waals surface area contributed by atoms with Crippen molar-refractivity contribution in [1.82, 2.24) is 4.57 Å². The third-order valence-corrected chi connectivity index (χ3v) is 4.41. The van der Waals surface area contributed by atoms with E-state index in [9.17, 15) is 24.1 Å². The van der Waals surface area contributed by atoms with Crippen LogP contribution in [0.2, 0.25) is 0 Å². The molecule has 0 spiro atoms. The molecule has 0 unspecified atom stereocenters. The molecule has 0 saturated heterocycles. The first-order chi connectivity index (χ1) is 13.3. The number of anilines is 1. The molecule has 2 aromatic carbocycles. The molecule has 9 heteroatoms. The van der Waals surface area contributed by atoms with Gasteiger partial charge < -0.3 is 9.88 Å². The van der Waals surface area contributed by atoms with Crippen LogP contribution in [0.1, 0.15) is 15.9 Å². The predicted molar refractivity (Wildman–Crippen MR) is 105 cm³/mol. The molecule has 0 bridgehead atoms. The molecular formula is C19H13BrFN3O4. The first-order valence-electron chi connectivity index (χ1n) is 8.04. The molecule has 142 valence electrons. The summed E-state index contributed by atoms with van der Waals surface area (Å²) in [7, 11) is 0. The number of amides is 1. The number of hydrogen-bond donors (Lipinski definition) is 1. The molecule has 0 atom stereocenters. The SMILES string of the molecule is O=C(Nc1ccc(Br)cc1F)c1cccn(Cc2cccc([N+](=O)[O-])c2)c1=O. The smallest absolute Gasteiger partial charge is 0.269 e.